The zero-order valence-electron chi connectivity index (χ0n) is 10.4. The van der Waals surface area contributed by atoms with Gasteiger partial charge in [0.15, 0.2) is 0 Å². The van der Waals surface area contributed by atoms with E-state index in [1.165, 1.54) is 17.7 Å². The van der Waals surface area contributed by atoms with Gasteiger partial charge in [0.25, 0.3) is 0 Å². The Morgan fingerprint density at radius 1 is 1.65 bits per heavy atom. The summed E-state index contributed by atoms with van der Waals surface area (Å²) >= 11 is 1.69. The molecular weight excluding hydrogens is 238 g/mol. The van der Waals surface area contributed by atoms with E-state index < -0.39 is 5.41 Å². The quantitative estimate of drug-likeness (QED) is 0.767. The SMILES string of the molecule is COC(=O)C1(CN(C)c2sccc2C)COC1. The molecule has 0 N–H and O–H groups in total. The van der Waals surface area contributed by atoms with Crippen molar-refractivity contribution in [2.24, 2.45) is 5.41 Å². The summed E-state index contributed by atoms with van der Waals surface area (Å²) in [5.74, 6) is -0.176. The van der Waals surface area contributed by atoms with Crippen LogP contribution in [-0.4, -0.2) is 39.9 Å². The average molecular weight is 255 g/mol. The third kappa shape index (κ3) is 2.17. The van der Waals surface area contributed by atoms with Crippen molar-refractivity contribution in [2.45, 2.75) is 6.92 Å². The summed E-state index contributed by atoms with van der Waals surface area (Å²) in [6.07, 6.45) is 0. The number of thiophene rings is 1. The van der Waals surface area contributed by atoms with Crippen LogP contribution in [0.5, 0.6) is 0 Å². The minimum atomic E-state index is -0.486. The van der Waals surface area contributed by atoms with E-state index in [0.717, 1.165) is 0 Å². The molecule has 0 radical (unpaired) electrons. The third-order valence-electron chi connectivity index (χ3n) is 3.10. The lowest BCUT2D eigenvalue weighted by Gasteiger charge is -2.41. The van der Waals surface area contributed by atoms with Gasteiger partial charge in [0.05, 0.1) is 25.3 Å². The Morgan fingerprint density at radius 2 is 2.35 bits per heavy atom. The number of hydrogen-bond donors (Lipinski definition) is 0. The second kappa shape index (κ2) is 4.66. The molecule has 5 heteroatoms. The van der Waals surface area contributed by atoms with Crippen molar-refractivity contribution >= 4 is 22.3 Å². The van der Waals surface area contributed by atoms with Crippen LogP contribution >= 0.6 is 11.3 Å². The Bertz CT molecular complexity index is 412. The molecule has 0 amide bonds. The van der Waals surface area contributed by atoms with Crippen LogP contribution in [0.1, 0.15) is 5.56 Å². The monoisotopic (exact) mass is 255 g/mol. The molecule has 4 nitrogen and oxygen atoms in total. The van der Waals surface area contributed by atoms with Crippen LogP contribution in [0, 0.1) is 12.3 Å². The highest BCUT2D eigenvalue weighted by atomic mass is 32.1. The molecule has 0 atom stereocenters. The molecular formula is C12H17NO3S. The summed E-state index contributed by atoms with van der Waals surface area (Å²) in [5.41, 5.74) is 0.748. The van der Waals surface area contributed by atoms with Gasteiger partial charge in [0.2, 0.25) is 0 Å². The molecule has 1 aliphatic heterocycles. The van der Waals surface area contributed by atoms with Crippen molar-refractivity contribution in [1.82, 2.24) is 0 Å². The predicted octanol–water partition coefficient (Wildman–Crippen LogP) is 1.68. The van der Waals surface area contributed by atoms with Gasteiger partial charge in [-0.2, -0.15) is 0 Å². The molecule has 94 valence electrons. The molecule has 0 saturated carbocycles. The van der Waals surface area contributed by atoms with Crippen LogP contribution in [-0.2, 0) is 14.3 Å². The number of nitrogens with zero attached hydrogens (tertiary/aromatic N) is 1. The van der Waals surface area contributed by atoms with Crippen molar-refractivity contribution < 1.29 is 14.3 Å². The molecule has 1 saturated heterocycles. The number of hydrogen-bond acceptors (Lipinski definition) is 5. The van der Waals surface area contributed by atoms with Gasteiger partial charge in [-0.05, 0) is 23.9 Å². The highest BCUT2D eigenvalue weighted by Gasteiger charge is 2.48. The molecule has 1 aromatic rings. The van der Waals surface area contributed by atoms with Crippen LogP contribution in [0.2, 0.25) is 0 Å². The molecule has 1 aliphatic rings. The lowest BCUT2D eigenvalue weighted by Crippen LogP contribution is -2.56. The fraction of sp³-hybridized carbons (Fsp3) is 0.583. The molecule has 2 heterocycles. The van der Waals surface area contributed by atoms with E-state index >= 15 is 0 Å². The first-order chi connectivity index (χ1) is 8.09. The minimum absolute atomic E-state index is 0.176. The molecule has 2 rings (SSSR count). The number of carbonyl (C=O) groups is 1. The summed E-state index contributed by atoms with van der Waals surface area (Å²) in [4.78, 5) is 13.9. The number of methoxy groups -OCH3 is 1. The maximum Gasteiger partial charge on any atom is 0.318 e. The molecule has 17 heavy (non-hydrogen) atoms. The van der Waals surface area contributed by atoms with Gasteiger partial charge >= 0.3 is 5.97 Å². The van der Waals surface area contributed by atoms with Crippen LogP contribution in [0.15, 0.2) is 11.4 Å². The predicted molar refractivity (Wildman–Crippen MR) is 67.6 cm³/mol. The molecule has 1 aromatic heterocycles. The summed E-state index contributed by atoms with van der Waals surface area (Å²) < 4.78 is 10.0. The average Bonchev–Trinajstić information content (AvgIpc) is 2.68. The Labute approximate surface area is 105 Å². The van der Waals surface area contributed by atoms with E-state index in [2.05, 4.69) is 23.3 Å². The largest absolute Gasteiger partial charge is 0.468 e. The van der Waals surface area contributed by atoms with Crippen molar-refractivity contribution in [3.8, 4) is 0 Å². The zero-order valence-corrected chi connectivity index (χ0v) is 11.2. The second-order valence-electron chi connectivity index (χ2n) is 4.53. The van der Waals surface area contributed by atoms with E-state index in [0.29, 0.717) is 19.8 Å². The fourth-order valence-corrected chi connectivity index (χ4v) is 3.02. The Kier molecular flexibility index (Phi) is 3.40. The number of esters is 1. The Balaban J connectivity index is 2.10. The van der Waals surface area contributed by atoms with Crippen LogP contribution in [0.4, 0.5) is 5.00 Å². The number of carbonyl (C=O) groups excluding carboxylic acids is 1. The van der Waals surface area contributed by atoms with Gasteiger partial charge in [-0.15, -0.1) is 11.3 Å². The topological polar surface area (TPSA) is 38.8 Å². The summed E-state index contributed by atoms with van der Waals surface area (Å²) in [5, 5.41) is 3.25. The van der Waals surface area contributed by atoms with E-state index in [9.17, 15) is 4.79 Å². The first-order valence-electron chi connectivity index (χ1n) is 5.50. The van der Waals surface area contributed by atoms with E-state index in [-0.39, 0.29) is 5.97 Å². The van der Waals surface area contributed by atoms with Crippen molar-refractivity contribution in [2.75, 3.05) is 38.8 Å². The molecule has 0 aliphatic carbocycles. The zero-order chi connectivity index (χ0) is 12.5. The van der Waals surface area contributed by atoms with Crippen LogP contribution in [0.3, 0.4) is 0 Å². The molecule has 0 aromatic carbocycles. The number of rotatable bonds is 4. The smallest absolute Gasteiger partial charge is 0.318 e. The van der Waals surface area contributed by atoms with Gasteiger partial charge < -0.3 is 14.4 Å². The fourth-order valence-electron chi connectivity index (χ4n) is 2.12. The van der Waals surface area contributed by atoms with Crippen molar-refractivity contribution in [3.05, 3.63) is 17.0 Å². The third-order valence-corrected chi connectivity index (χ3v) is 4.23. The number of aryl methyl sites for hydroxylation is 1. The number of ether oxygens (including phenoxy) is 2. The lowest BCUT2D eigenvalue weighted by atomic mass is 9.85. The van der Waals surface area contributed by atoms with Crippen LogP contribution in [0.25, 0.3) is 0 Å². The minimum Gasteiger partial charge on any atom is -0.468 e. The number of anilines is 1. The van der Waals surface area contributed by atoms with E-state index in [1.54, 1.807) is 11.3 Å². The van der Waals surface area contributed by atoms with E-state index in [1.807, 2.05) is 7.05 Å². The van der Waals surface area contributed by atoms with Gasteiger partial charge in [-0.25, -0.2) is 0 Å². The van der Waals surface area contributed by atoms with Gasteiger partial charge in [0.1, 0.15) is 5.41 Å². The Morgan fingerprint density at radius 3 is 2.76 bits per heavy atom. The van der Waals surface area contributed by atoms with Crippen LogP contribution < -0.4 is 4.90 Å². The van der Waals surface area contributed by atoms with Crippen molar-refractivity contribution in [1.29, 1.82) is 0 Å². The van der Waals surface area contributed by atoms with Crippen molar-refractivity contribution in [3.63, 3.8) is 0 Å². The molecule has 0 spiro atoms. The lowest BCUT2D eigenvalue weighted by molar-refractivity contribution is -0.180. The molecule has 0 bridgehead atoms. The standard InChI is InChI=1S/C12H17NO3S/c1-9-4-5-17-10(9)13(2)6-12(7-16-8-12)11(14)15-3/h4-5H,6-8H2,1-3H3. The van der Waals surface area contributed by atoms with Gasteiger partial charge in [0, 0.05) is 13.6 Å². The molecule has 1 fully saturated rings. The highest BCUT2D eigenvalue weighted by Crippen LogP contribution is 2.34. The summed E-state index contributed by atoms with van der Waals surface area (Å²) in [6, 6.07) is 2.08. The summed E-state index contributed by atoms with van der Waals surface area (Å²) in [7, 11) is 3.43. The van der Waals surface area contributed by atoms with Gasteiger partial charge in [-0.3, -0.25) is 4.79 Å². The Hall–Kier alpha value is -1.07. The molecule has 0 unspecified atom stereocenters. The first-order valence-corrected chi connectivity index (χ1v) is 6.38. The summed E-state index contributed by atoms with van der Waals surface area (Å²) in [6.45, 7) is 3.62. The maximum absolute atomic E-state index is 11.8. The van der Waals surface area contributed by atoms with Gasteiger partial charge in [-0.1, -0.05) is 0 Å². The maximum atomic E-state index is 11.8. The normalized spacial score (nSPS) is 17.4. The highest BCUT2D eigenvalue weighted by molar-refractivity contribution is 7.14. The second-order valence-corrected chi connectivity index (χ2v) is 5.42. The first kappa shape index (κ1) is 12.4. The van der Waals surface area contributed by atoms with E-state index in [4.69, 9.17) is 9.47 Å².